The quantitative estimate of drug-likeness (QED) is 0.878. The standard InChI is InChI=1S/C19H18FNO3/c1-3-12-8-9-14-13(10-12)11-19(2,24-17(14)22)18(23)21-16-7-5-4-6-15(16)20/h4-10H,3,11H2,1-2H3,(H,21,23). The van der Waals surface area contributed by atoms with Crippen LogP contribution in [0.1, 0.15) is 35.3 Å². The van der Waals surface area contributed by atoms with Gasteiger partial charge in [0, 0.05) is 6.42 Å². The van der Waals surface area contributed by atoms with Gasteiger partial charge in [-0.25, -0.2) is 9.18 Å². The lowest BCUT2D eigenvalue weighted by atomic mass is 9.88. The van der Waals surface area contributed by atoms with E-state index in [9.17, 15) is 14.0 Å². The normalized spacial score (nSPS) is 19.4. The number of hydrogen-bond acceptors (Lipinski definition) is 3. The summed E-state index contributed by atoms with van der Waals surface area (Å²) < 4.78 is 19.1. The second-order valence-electron chi connectivity index (χ2n) is 6.08. The minimum atomic E-state index is -1.38. The minimum Gasteiger partial charge on any atom is -0.445 e. The Balaban J connectivity index is 1.89. The second kappa shape index (κ2) is 6.07. The van der Waals surface area contributed by atoms with E-state index in [0.717, 1.165) is 17.5 Å². The van der Waals surface area contributed by atoms with Crippen LogP contribution in [-0.4, -0.2) is 17.5 Å². The molecule has 1 amide bonds. The van der Waals surface area contributed by atoms with Crippen LogP contribution in [0.15, 0.2) is 42.5 Å². The molecule has 1 atom stereocenters. The fraction of sp³-hybridized carbons (Fsp3) is 0.263. The van der Waals surface area contributed by atoms with E-state index in [4.69, 9.17) is 4.74 Å². The molecule has 0 saturated heterocycles. The zero-order chi connectivity index (χ0) is 17.3. The number of amides is 1. The number of esters is 1. The van der Waals surface area contributed by atoms with Crippen molar-refractivity contribution < 1.29 is 18.7 Å². The van der Waals surface area contributed by atoms with Gasteiger partial charge < -0.3 is 10.1 Å². The molecule has 124 valence electrons. The number of carbonyl (C=O) groups is 2. The van der Waals surface area contributed by atoms with Gasteiger partial charge >= 0.3 is 5.97 Å². The molecule has 0 aliphatic carbocycles. The molecule has 1 aliphatic rings. The Hall–Kier alpha value is -2.69. The molecule has 1 aliphatic heterocycles. The van der Waals surface area contributed by atoms with Crippen molar-refractivity contribution in [3.63, 3.8) is 0 Å². The first-order valence-electron chi connectivity index (χ1n) is 7.84. The third-order valence-electron chi connectivity index (χ3n) is 4.25. The van der Waals surface area contributed by atoms with Gasteiger partial charge in [-0.3, -0.25) is 4.79 Å². The molecule has 24 heavy (non-hydrogen) atoms. The van der Waals surface area contributed by atoms with Crippen LogP contribution in [0.4, 0.5) is 10.1 Å². The van der Waals surface area contributed by atoms with Crippen molar-refractivity contribution in [3.8, 4) is 0 Å². The molecular weight excluding hydrogens is 309 g/mol. The van der Waals surface area contributed by atoms with Gasteiger partial charge in [0.1, 0.15) is 5.82 Å². The highest BCUT2D eigenvalue weighted by Crippen LogP contribution is 2.30. The van der Waals surface area contributed by atoms with Gasteiger partial charge in [-0.1, -0.05) is 31.2 Å². The molecule has 1 N–H and O–H groups in total. The Bertz CT molecular complexity index is 818. The number of para-hydroxylation sites is 1. The first kappa shape index (κ1) is 16.2. The van der Waals surface area contributed by atoms with Crippen LogP contribution in [0, 0.1) is 5.82 Å². The van der Waals surface area contributed by atoms with E-state index < -0.39 is 23.3 Å². The molecule has 1 heterocycles. The molecule has 0 saturated carbocycles. The number of carbonyl (C=O) groups excluding carboxylic acids is 2. The number of benzene rings is 2. The number of cyclic esters (lactones) is 1. The number of halogens is 1. The fourth-order valence-corrected chi connectivity index (χ4v) is 2.82. The molecule has 1 unspecified atom stereocenters. The highest BCUT2D eigenvalue weighted by atomic mass is 19.1. The summed E-state index contributed by atoms with van der Waals surface area (Å²) in [4.78, 5) is 24.8. The summed E-state index contributed by atoms with van der Waals surface area (Å²) in [6.07, 6.45) is 1.09. The van der Waals surface area contributed by atoms with Gasteiger partial charge in [0.15, 0.2) is 5.60 Å². The van der Waals surface area contributed by atoms with Crippen LogP contribution in [0.3, 0.4) is 0 Å². The van der Waals surface area contributed by atoms with Gasteiger partial charge in [-0.2, -0.15) is 0 Å². The molecule has 4 nitrogen and oxygen atoms in total. The van der Waals surface area contributed by atoms with Gasteiger partial charge in [0.05, 0.1) is 11.3 Å². The number of fused-ring (bicyclic) bond motifs is 1. The predicted octanol–water partition coefficient (Wildman–Crippen LogP) is 3.50. The average molecular weight is 327 g/mol. The van der Waals surface area contributed by atoms with E-state index in [0.29, 0.717) is 5.56 Å². The largest absolute Gasteiger partial charge is 0.445 e. The molecule has 2 aromatic carbocycles. The van der Waals surface area contributed by atoms with E-state index in [1.165, 1.54) is 18.2 Å². The number of nitrogens with one attached hydrogen (secondary N) is 1. The van der Waals surface area contributed by atoms with Crippen LogP contribution < -0.4 is 5.32 Å². The molecule has 2 aromatic rings. The fourth-order valence-electron chi connectivity index (χ4n) is 2.82. The zero-order valence-electron chi connectivity index (χ0n) is 13.6. The lowest BCUT2D eigenvalue weighted by Crippen LogP contribution is -2.49. The predicted molar refractivity (Wildman–Crippen MR) is 88.4 cm³/mol. The van der Waals surface area contributed by atoms with Crippen molar-refractivity contribution in [3.05, 3.63) is 65.0 Å². The van der Waals surface area contributed by atoms with E-state index >= 15 is 0 Å². The van der Waals surface area contributed by atoms with Crippen molar-refractivity contribution in [1.82, 2.24) is 0 Å². The molecule has 0 radical (unpaired) electrons. The second-order valence-corrected chi connectivity index (χ2v) is 6.08. The Kier molecular flexibility index (Phi) is 4.09. The summed E-state index contributed by atoms with van der Waals surface area (Å²) in [5.41, 5.74) is 1.02. The van der Waals surface area contributed by atoms with E-state index in [1.54, 1.807) is 19.1 Å². The van der Waals surface area contributed by atoms with Crippen molar-refractivity contribution in [2.45, 2.75) is 32.3 Å². The smallest absolute Gasteiger partial charge is 0.339 e. The summed E-state index contributed by atoms with van der Waals surface area (Å²) in [5.74, 6) is -1.62. The number of ether oxygens (including phenoxy) is 1. The van der Waals surface area contributed by atoms with E-state index in [1.807, 2.05) is 19.1 Å². The van der Waals surface area contributed by atoms with Gasteiger partial charge in [0.25, 0.3) is 5.91 Å². The van der Waals surface area contributed by atoms with Crippen LogP contribution in [-0.2, 0) is 22.4 Å². The molecule has 0 aromatic heterocycles. The lowest BCUT2D eigenvalue weighted by molar-refractivity contribution is -0.134. The first-order valence-corrected chi connectivity index (χ1v) is 7.84. The van der Waals surface area contributed by atoms with Crippen LogP contribution in [0.25, 0.3) is 0 Å². The average Bonchev–Trinajstić information content (AvgIpc) is 2.56. The monoisotopic (exact) mass is 327 g/mol. The van der Waals surface area contributed by atoms with Crippen LogP contribution in [0.2, 0.25) is 0 Å². The van der Waals surface area contributed by atoms with Gasteiger partial charge in [0.2, 0.25) is 0 Å². The number of aryl methyl sites for hydroxylation is 1. The lowest BCUT2D eigenvalue weighted by Gasteiger charge is -2.33. The third-order valence-corrected chi connectivity index (χ3v) is 4.25. The van der Waals surface area contributed by atoms with Crippen LogP contribution in [0.5, 0.6) is 0 Å². The highest BCUT2D eigenvalue weighted by molar-refractivity contribution is 6.02. The van der Waals surface area contributed by atoms with E-state index in [-0.39, 0.29) is 12.1 Å². The Morgan fingerprint density at radius 1 is 1.29 bits per heavy atom. The minimum absolute atomic E-state index is 0.0629. The maximum Gasteiger partial charge on any atom is 0.339 e. The maximum absolute atomic E-state index is 13.7. The van der Waals surface area contributed by atoms with Crippen LogP contribution >= 0.6 is 0 Å². The molecule has 0 spiro atoms. The summed E-state index contributed by atoms with van der Waals surface area (Å²) in [5, 5.41) is 2.51. The molecule has 3 rings (SSSR count). The zero-order valence-corrected chi connectivity index (χ0v) is 13.6. The number of rotatable bonds is 3. The summed E-state index contributed by atoms with van der Waals surface area (Å²) >= 11 is 0. The topological polar surface area (TPSA) is 55.4 Å². The van der Waals surface area contributed by atoms with Crippen molar-refractivity contribution in [1.29, 1.82) is 0 Å². The first-order chi connectivity index (χ1) is 11.4. The third kappa shape index (κ3) is 2.89. The van der Waals surface area contributed by atoms with Crippen molar-refractivity contribution in [2.75, 3.05) is 5.32 Å². The molecular formula is C19H18FNO3. The summed E-state index contributed by atoms with van der Waals surface area (Å²) in [6, 6.07) is 11.4. The number of hydrogen-bond donors (Lipinski definition) is 1. The Morgan fingerprint density at radius 3 is 2.75 bits per heavy atom. The molecule has 0 bridgehead atoms. The Labute approximate surface area is 139 Å². The van der Waals surface area contributed by atoms with Gasteiger partial charge in [-0.15, -0.1) is 0 Å². The Morgan fingerprint density at radius 2 is 2.04 bits per heavy atom. The molecule has 5 heteroatoms. The SMILES string of the molecule is CCc1ccc2c(c1)CC(C)(C(=O)Nc1ccccc1F)OC2=O. The number of anilines is 1. The van der Waals surface area contributed by atoms with Gasteiger partial charge in [-0.05, 0) is 42.7 Å². The highest BCUT2D eigenvalue weighted by Gasteiger charge is 2.43. The molecule has 0 fully saturated rings. The van der Waals surface area contributed by atoms with Crippen molar-refractivity contribution in [2.24, 2.45) is 0 Å². The van der Waals surface area contributed by atoms with E-state index in [2.05, 4.69) is 5.32 Å². The summed E-state index contributed by atoms with van der Waals surface area (Å²) in [7, 11) is 0. The maximum atomic E-state index is 13.7. The summed E-state index contributed by atoms with van der Waals surface area (Å²) in [6.45, 7) is 3.57. The van der Waals surface area contributed by atoms with Crippen molar-refractivity contribution >= 4 is 17.6 Å².